The van der Waals surface area contributed by atoms with Crippen LogP contribution in [0.25, 0.3) is 0 Å². The first-order valence-corrected chi connectivity index (χ1v) is 6.65. The molecule has 0 aromatic heterocycles. The second-order valence-corrected chi connectivity index (χ2v) is 4.89. The van der Waals surface area contributed by atoms with Gasteiger partial charge in [0.05, 0.1) is 0 Å². The monoisotopic (exact) mass is 291 g/mol. The number of aliphatic carboxylic acids is 1. The number of carbonyl (C=O) groups is 3. The summed E-state index contributed by atoms with van der Waals surface area (Å²) < 4.78 is 0. The summed E-state index contributed by atoms with van der Waals surface area (Å²) in [7, 11) is 0. The van der Waals surface area contributed by atoms with Crippen LogP contribution < -0.4 is 11.1 Å². The van der Waals surface area contributed by atoms with Crippen molar-refractivity contribution >= 4 is 17.9 Å². The summed E-state index contributed by atoms with van der Waals surface area (Å²) in [5.74, 6) is -1.74. The van der Waals surface area contributed by atoms with Crippen molar-refractivity contribution in [1.82, 2.24) is 10.2 Å². The molecule has 7 heteroatoms. The minimum Gasteiger partial charge on any atom is -0.479 e. The van der Waals surface area contributed by atoms with Crippen LogP contribution in [0.1, 0.15) is 24.4 Å². The Bertz CT molecular complexity index is 546. The van der Waals surface area contributed by atoms with Crippen LogP contribution in [0.2, 0.25) is 0 Å². The van der Waals surface area contributed by atoms with Gasteiger partial charge in [0.25, 0.3) is 0 Å². The van der Waals surface area contributed by atoms with Crippen LogP contribution in [-0.2, 0) is 9.59 Å². The lowest BCUT2D eigenvalue weighted by atomic mass is 10.1. The van der Waals surface area contributed by atoms with Gasteiger partial charge in [-0.2, -0.15) is 0 Å². The minimum absolute atomic E-state index is 0.389. The molecule has 1 unspecified atom stereocenters. The number of nitrogens with zero attached hydrogens (tertiary/aromatic N) is 1. The average molecular weight is 291 g/mol. The van der Waals surface area contributed by atoms with Crippen molar-refractivity contribution < 1.29 is 19.5 Å². The Labute approximate surface area is 121 Å². The molecule has 1 saturated heterocycles. The van der Waals surface area contributed by atoms with E-state index in [0.717, 1.165) is 0 Å². The molecule has 112 valence electrons. The number of nitrogens with one attached hydrogen (secondary N) is 1. The second-order valence-electron chi connectivity index (χ2n) is 4.89. The molecule has 1 heterocycles. The van der Waals surface area contributed by atoms with E-state index in [0.29, 0.717) is 24.9 Å². The standard InChI is InChI=1S/C14H17N3O4/c15-12(18)10-7-4-8-17(10)14(21)16-11(13(19)20)9-5-2-1-3-6-9/h1-3,5-6,10-11H,4,7-8H2,(H2,15,18)(H,16,21)(H,19,20)/t10?,11-/m1/s1. The third-order valence-corrected chi connectivity index (χ3v) is 3.49. The minimum atomic E-state index is -1.16. The molecule has 1 aromatic rings. The highest BCUT2D eigenvalue weighted by Crippen LogP contribution is 2.19. The quantitative estimate of drug-likeness (QED) is 0.748. The number of hydrogen-bond donors (Lipinski definition) is 3. The summed E-state index contributed by atoms with van der Waals surface area (Å²) in [6.07, 6.45) is 1.18. The summed E-state index contributed by atoms with van der Waals surface area (Å²) >= 11 is 0. The zero-order chi connectivity index (χ0) is 15.4. The SMILES string of the molecule is NC(=O)C1CCCN1C(=O)N[C@@H](C(=O)O)c1ccccc1. The molecule has 0 bridgehead atoms. The van der Waals surface area contributed by atoms with Gasteiger partial charge in [0.2, 0.25) is 5.91 Å². The smallest absolute Gasteiger partial charge is 0.330 e. The van der Waals surface area contributed by atoms with Crippen molar-refractivity contribution in [2.45, 2.75) is 24.9 Å². The van der Waals surface area contributed by atoms with Crippen LogP contribution in [0.4, 0.5) is 4.79 Å². The van der Waals surface area contributed by atoms with Crippen molar-refractivity contribution in [2.24, 2.45) is 5.73 Å². The van der Waals surface area contributed by atoms with E-state index in [1.807, 2.05) is 0 Å². The van der Waals surface area contributed by atoms with Crippen molar-refractivity contribution in [1.29, 1.82) is 0 Å². The highest BCUT2D eigenvalue weighted by Gasteiger charge is 2.34. The lowest BCUT2D eigenvalue weighted by molar-refractivity contribution is -0.139. The van der Waals surface area contributed by atoms with Gasteiger partial charge in [0, 0.05) is 6.54 Å². The number of likely N-dealkylation sites (tertiary alicyclic amines) is 1. The van der Waals surface area contributed by atoms with E-state index < -0.39 is 30.0 Å². The number of primary amides is 1. The number of rotatable bonds is 4. The third kappa shape index (κ3) is 3.31. The van der Waals surface area contributed by atoms with Crippen molar-refractivity contribution in [2.75, 3.05) is 6.54 Å². The zero-order valence-electron chi connectivity index (χ0n) is 11.4. The van der Waals surface area contributed by atoms with E-state index in [2.05, 4.69) is 5.32 Å². The Morgan fingerprint density at radius 3 is 2.52 bits per heavy atom. The molecule has 0 radical (unpaired) electrons. The summed E-state index contributed by atoms with van der Waals surface area (Å²) in [6, 6.07) is 5.96. The van der Waals surface area contributed by atoms with Crippen LogP contribution in [0.3, 0.4) is 0 Å². The maximum atomic E-state index is 12.2. The molecule has 1 aliphatic heterocycles. The Morgan fingerprint density at radius 2 is 1.95 bits per heavy atom. The molecule has 7 nitrogen and oxygen atoms in total. The molecule has 1 aromatic carbocycles. The zero-order valence-corrected chi connectivity index (χ0v) is 11.4. The highest BCUT2D eigenvalue weighted by molar-refractivity contribution is 5.88. The third-order valence-electron chi connectivity index (χ3n) is 3.49. The van der Waals surface area contributed by atoms with Gasteiger partial charge in [-0.05, 0) is 18.4 Å². The maximum Gasteiger partial charge on any atom is 0.330 e. The fourth-order valence-corrected chi connectivity index (χ4v) is 2.45. The van der Waals surface area contributed by atoms with Gasteiger partial charge in [-0.15, -0.1) is 0 Å². The maximum absolute atomic E-state index is 12.2. The molecular weight excluding hydrogens is 274 g/mol. The van der Waals surface area contributed by atoms with Gasteiger partial charge in [-0.1, -0.05) is 30.3 Å². The lowest BCUT2D eigenvalue weighted by Crippen LogP contribution is -2.49. The van der Waals surface area contributed by atoms with Crippen LogP contribution in [-0.4, -0.2) is 40.5 Å². The molecule has 0 aliphatic carbocycles. The molecule has 0 saturated carbocycles. The van der Waals surface area contributed by atoms with E-state index in [-0.39, 0.29) is 0 Å². The Hall–Kier alpha value is -2.57. The average Bonchev–Trinajstić information content (AvgIpc) is 2.94. The number of urea groups is 1. The highest BCUT2D eigenvalue weighted by atomic mass is 16.4. The van der Waals surface area contributed by atoms with E-state index in [1.165, 1.54) is 4.90 Å². The summed E-state index contributed by atoms with van der Waals surface area (Å²) in [4.78, 5) is 36.1. The first-order valence-electron chi connectivity index (χ1n) is 6.65. The Morgan fingerprint density at radius 1 is 1.29 bits per heavy atom. The number of nitrogens with two attached hydrogens (primary N) is 1. The molecule has 1 fully saturated rings. The number of carboxylic acids is 1. The summed E-state index contributed by atoms with van der Waals surface area (Å²) in [6.45, 7) is 0.389. The molecule has 2 atom stereocenters. The van der Waals surface area contributed by atoms with E-state index in [4.69, 9.17) is 5.73 Å². The lowest BCUT2D eigenvalue weighted by Gasteiger charge is -2.25. The van der Waals surface area contributed by atoms with E-state index in [9.17, 15) is 19.5 Å². The van der Waals surface area contributed by atoms with Crippen molar-refractivity contribution in [3.63, 3.8) is 0 Å². The van der Waals surface area contributed by atoms with Crippen molar-refractivity contribution in [3.8, 4) is 0 Å². The van der Waals surface area contributed by atoms with Gasteiger partial charge >= 0.3 is 12.0 Å². The van der Waals surface area contributed by atoms with Crippen LogP contribution in [0.5, 0.6) is 0 Å². The number of carbonyl (C=O) groups excluding carboxylic acids is 2. The predicted molar refractivity (Wildman–Crippen MR) is 74.3 cm³/mol. The fraction of sp³-hybridized carbons (Fsp3) is 0.357. The van der Waals surface area contributed by atoms with E-state index >= 15 is 0 Å². The Kier molecular flexibility index (Phi) is 4.42. The van der Waals surface area contributed by atoms with Crippen LogP contribution in [0.15, 0.2) is 30.3 Å². The van der Waals surface area contributed by atoms with Crippen molar-refractivity contribution in [3.05, 3.63) is 35.9 Å². The molecule has 1 aliphatic rings. The van der Waals surface area contributed by atoms with Crippen LogP contribution >= 0.6 is 0 Å². The molecule has 0 spiro atoms. The summed E-state index contributed by atoms with van der Waals surface area (Å²) in [5.41, 5.74) is 5.72. The number of amides is 3. The van der Waals surface area contributed by atoms with Gasteiger partial charge in [0.15, 0.2) is 6.04 Å². The number of carboxylic acid groups (broad SMARTS) is 1. The Balaban J connectivity index is 2.12. The topological polar surface area (TPSA) is 113 Å². The summed E-state index contributed by atoms with van der Waals surface area (Å²) in [5, 5.41) is 11.7. The normalized spacial score (nSPS) is 19.0. The first kappa shape index (κ1) is 14.8. The number of hydrogen-bond acceptors (Lipinski definition) is 3. The van der Waals surface area contributed by atoms with E-state index in [1.54, 1.807) is 30.3 Å². The second kappa shape index (κ2) is 6.25. The molecule has 4 N–H and O–H groups in total. The first-order chi connectivity index (χ1) is 10.0. The molecule has 2 rings (SSSR count). The largest absolute Gasteiger partial charge is 0.479 e. The van der Waals surface area contributed by atoms with Gasteiger partial charge in [-0.25, -0.2) is 9.59 Å². The van der Waals surface area contributed by atoms with Gasteiger partial charge in [-0.3, -0.25) is 4.79 Å². The van der Waals surface area contributed by atoms with Gasteiger partial charge in [0.1, 0.15) is 6.04 Å². The molecule has 3 amide bonds. The number of benzene rings is 1. The van der Waals surface area contributed by atoms with Gasteiger partial charge < -0.3 is 21.1 Å². The fourth-order valence-electron chi connectivity index (χ4n) is 2.45. The molecule has 21 heavy (non-hydrogen) atoms. The predicted octanol–water partition coefficient (Wildman–Crippen LogP) is 0.472. The molecular formula is C14H17N3O4. The van der Waals surface area contributed by atoms with Crippen LogP contribution in [0, 0.1) is 0 Å².